The molecule has 0 N–H and O–H groups in total. The fraction of sp³-hybridized carbons (Fsp3) is 0.0843. The number of nitrogens with zero attached hydrogens (tertiary/aromatic N) is 18. The Morgan fingerprint density at radius 2 is 0.777 bits per heavy atom. The number of aromatic nitrogens is 18. The lowest BCUT2D eigenvalue weighted by Crippen LogP contribution is -2.32. The molecule has 0 aliphatic carbocycles. The standard InChI is InChI=1S/C21H15N4.2C16H13N4.C15H10N3O.C15H10N3S/c1-2-9-16(10-3-1)25-20-17-11-5-4-8-15(17)14-24(20)19-21(25)23-13-7-6-12-18(23)22-19;2*1-18-14-16(19-9-5-4-8-13(19)17-14)20-10-11-6-2-3-7-12(11)15(18)20;2*1-2-6-11-10(5-1)9-18-13-15(19-14(11)18)17-8-4-3-7-12(17)16-13/h1-13H,14H2;2*2-9H,10H2,1H3;2*1-8H,9H2/q5*+1/i;1D3;;;. The van der Waals surface area contributed by atoms with Crippen LogP contribution in [0.3, 0.4) is 0 Å². The van der Waals surface area contributed by atoms with Crippen molar-refractivity contribution >= 4 is 95.3 Å². The van der Waals surface area contributed by atoms with Crippen LogP contribution in [0.25, 0.3) is 146 Å². The molecule has 26 rings (SSSR count). The zero-order valence-corrected chi connectivity index (χ0v) is 56.2. The van der Waals surface area contributed by atoms with Gasteiger partial charge in [0.1, 0.15) is 18.8 Å². The lowest BCUT2D eigenvalue weighted by Gasteiger charge is -2.04. The minimum absolute atomic E-state index is 0.501. The number of rotatable bonds is 1. The molecule has 0 atom stereocenters. The second kappa shape index (κ2) is 22.0. The van der Waals surface area contributed by atoms with Gasteiger partial charge in [-0.25, -0.2) is 45.2 Å². The van der Waals surface area contributed by atoms with Crippen molar-refractivity contribution < 1.29 is 31.4 Å². The van der Waals surface area contributed by atoms with Crippen molar-refractivity contribution in [2.24, 2.45) is 14.0 Å². The Bertz CT molecular complexity index is 7080. The van der Waals surface area contributed by atoms with Gasteiger partial charge in [-0.3, -0.25) is 8.80 Å². The van der Waals surface area contributed by atoms with Crippen LogP contribution in [-0.4, -0.2) is 60.6 Å². The second-order valence-electron chi connectivity index (χ2n) is 26.5. The van der Waals surface area contributed by atoms with Gasteiger partial charge in [-0.05, 0) is 101 Å². The maximum absolute atomic E-state index is 7.99. The van der Waals surface area contributed by atoms with Crippen molar-refractivity contribution in [3.8, 4) is 61.9 Å². The van der Waals surface area contributed by atoms with Crippen LogP contribution in [-0.2, 0) is 46.7 Å². The molecule has 19 nitrogen and oxygen atoms in total. The van der Waals surface area contributed by atoms with Crippen LogP contribution in [0.1, 0.15) is 31.9 Å². The van der Waals surface area contributed by atoms with Crippen molar-refractivity contribution in [3.05, 3.63) is 301 Å². The molecule has 20 heterocycles. The van der Waals surface area contributed by atoms with E-state index in [0.29, 0.717) is 18.0 Å². The minimum Gasteiger partial charge on any atom is -0.396 e. The average molecular weight is 1360 g/mol. The van der Waals surface area contributed by atoms with Gasteiger partial charge in [0.15, 0.2) is 16.3 Å². The highest BCUT2D eigenvalue weighted by Crippen LogP contribution is 2.39. The molecule has 0 amide bonds. The second-order valence-corrected chi connectivity index (χ2v) is 27.4. The first-order valence-electron chi connectivity index (χ1n) is 35.9. The molecule has 6 aromatic carbocycles. The zero-order valence-electron chi connectivity index (χ0n) is 58.4. The van der Waals surface area contributed by atoms with Crippen LogP contribution in [0.4, 0.5) is 0 Å². The molecule has 0 fully saturated rings. The normalized spacial score (nSPS) is 13.5. The summed E-state index contributed by atoms with van der Waals surface area (Å²) in [5, 5.41) is 1.33. The molecule has 0 saturated carbocycles. The highest BCUT2D eigenvalue weighted by atomic mass is 32.1. The molecule has 0 unspecified atom stereocenters. The van der Waals surface area contributed by atoms with E-state index in [9.17, 15) is 0 Å². The number of hydrogen-bond acceptors (Lipinski definition) is 7. The largest absolute Gasteiger partial charge is 0.396 e. The first-order chi connectivity index (χ1) is 52.1. The van der Waals surface area contributed by atoms with E-state index >= 15 is 0 Å². The van der Waals surface area contributed by atoms with E-state index in [1.165, 1.54) is 76.2 Å². The number of pyridine rings is 5. The Morgan fingerprint density at radius 1 is 0.359 bits per heavy atom. The molecule has 0 spiro atoms. The van der Waals surface area contributed by atoms with E-state index in [-0.39, 0.29) is 0 Å². The molecular weight excluding hydrogens is 1300 g/mol. The van der Waals surface area contributed by atoms with Crippen LogP contribution in [0.15, 0.2) is 278 Å². The molecule has 15 aromatic heterocycles. The lowest BCUT2D eigenvalue weighted by molar-refractivity contribution is -0.651. The third-order valence-electron chi connectivity index (χ3n) is 20.7. The monoisotopic (exact) mass is 1360 g/mol. The van der Waals surface area contributed by atoms with Gasteiger partial charge in [0.25, 0.3) is 45.4 Å². The highest BCUT2D eigenvalue weighted by molar-refractivity contribution is 7.20. The fourth-order valence-electron chi connectivity index (χ4n) is 16.2. The molecule has 5 aliphatic heterocycles. The Labute approximate surface area is 594 Å². The number of oxazole rings is 1. The number of benzene rings is 6. The summed E-state index contributed by atoms with van der Waals surface area (Å²) in [6, 6.07) is 82.8. The molecule has 103 heavy (non-hydrogen) atoms. The first kappa shape index (κ1) is 54.5. The van der Waals surface area contributed by atoms with Crippen LogP contribution in [0.2, 0.25) is 0 Å². The van der Waals surface area contributed by atoms with Gasteiger partial charge in [0, 0.05) is 64.1 Å². The number of para-hydroxylation sites is 1. The van der Waals surface area contributed by atoms with Gasteiger partial charge < -0.3 is 4.42 Å². The molecule has 20 heteroatoms. The number of hydrogen-bond donors (Lipinski definition) is 0. The molecule has 21 aromatic rings. The maximum atomic E-state index is 7.99. The van der Waals surface area contributed by atoms with Crippen molar-refractivity contribution in [2.45, 2.75) is 32.7 Å². The molecular formula is C83H61N18OS+5. The predicted octanol–water partition coefficient (Wildman–Crippen LogP) is 13.1. The Hall–Kier alpha value is -13.5. The van der Waals surface area contributed by atoms with E-state index in [0.717, 1.165) is 117 Å². The van der Waals surface area contributed by atoms with Gasteiger partial charge in [-0.2, -0.15) is 14.5 Å². The molecule has 0 saturated heterocycles. The van der Waals surface area contributed by atoms with Crippen LogP contribution < -0.4 is 22.8 Å². The lowest BCUT2D eigenvalue weighted by atomic mass is 10.1. The number of fused-ring (bicyclic) bond motifs is 35. The summed E-state index contributed by atoms with van der Waals surface area (Å²) in [6.07, 6.45) is 10.2. The van der Waals surface area contributed by atoms with Crippen LogP contribution >= 0.6 is 11.3 Å². The quantitative estimate of drug-likeness (QED) is 0.150. The fourth-order valence-corrected chi connectivity index (χ4v) is 17.4. The summed E-state index contributed by atoms with van der Waals surface area (Å²) in [7, 11) is 2.10. The van der Waals surface area contributed by atoms with Gasteiger partial charge in [0.2, 0.25) is 28.0 Å². The van der Waals surface area contributed by atoms with Gasteiger partial charge in [-0.1, -0.05) is 156 Å². The highest BCUT2D eigenvalue weighted by Gasteiger charge is 2.40. The summed E-state index contributed by atoms with van der Waals surface area (Å²) in [5.74, 6) is 4.07. The number of imidazole rings is 8. The SMILES string of the molecule is Cn1c2[n+](c3c1nc1ccccn13)Cc1ccccc1-2.[2H]C([2H])([2H])n1c2[n+](c3c1nc1ccccn13)Cc1ccccc1-2.c1ccc(-n2c3[n+](c4nc5ccccn5c42)Cc2ccccc2-3)cc1.c1ccc2c(c1)C[n+]1c-2oc2c1nc1ccccn12.c1ccc2c(c1)C[n+]1c-2sc2c1nc1ccccn12. The van der Waals surface area contributed by atoms with E-state index in [1.54, 1.807) is 0 Å². The predicted molar refractivity (Wildman–Crippen MR) is 395 cm³/mol. The van der Waals surface area contributed by atoms with E-state index in [4.69, 9.17) is 23.5 Å². The maximum Gasteiger partial charge on any atom is 0.390 e. The van der Waals surface area contributed by atoms with Crippen molar-refractivity contribution in [1.82, 2.24) is 60.6 Å². The Morgan fingerprint density at radius 3 is 1.39 bits per heavy atom. The van der Waals surface area contributed by atoms with E-state index in [1.807, 2.05) is 122 Å². The molecule has 0 bridgehead atoms. The first-order valence-corrected chi connectivity index (χ1v) is 35.2. The Kier molecular flexibility index (Phi) is 11.6. The van der Waals surface area contributed by atoms with E-state index < -0.39 is 6.98 Å². The molecule has 5 aliphatic rings. The average Bonchev–Trinajstić information content (AvgIpc) is 1.58. The number of thiazole rings is 1. The molecule has 490 valence electrons. The summed E-state index contributed by atoms with van der Waals surface area (Å²) < 4.78 is 57.6. The summed E-state index contributed by atoms with van der Waals surface area (Å²) >= 11 is 1.83. The van der Waals surface area contributed by atoms with Crippen LogP contribution in [0, 0.1) is 0 Å². The van der Waals surface area contributed by atoms with Gasteiger partial charge in [0.05, 0.1) is 72.4 Å². The third kappa shape index (κ3) is 8.43. The number of aryl methyl sites for hydroxylation is 2. The topological polar surface area (TPSA) is 134 Å². The summed E-state index contributed by atoms with van der Waals surface area (Å²) in [5.41, 5.74) is 27.0. The van der Waals surface area contributed by atoms with Gasteiger partial charge in [-0.15, -0.1) is 0 Å². The minimum atomic E-state index is -2.28. The molecule has 0 radical (unpaired) electrons. The van der Waals surface area contributed by atoms with Crippen molar-refractivity contribution in [2.75, 3.05) is 0 Å². The van der Waals surface area contributed by atoms with E-state index in [2.05, 4.69) is 234 Å². The third-order valence-corrected chi connectivity index (χ3v) is 21.9. The van der Waals surface area contributed by atoms with Gasteiger partial charge >= 0.3 is 22.7 Å². The summed E-state index contributed by atoms with van der Waals surface area (Å²) in [4.78, 5) is 24.9. The van der Waals surface area contributed by atoms with Crippen molar-refractivity contribution in [1.29, 1.82) is 0 Å². The smallest absolute Gasteiger partial charge is 0.390 e. The van der Waals surface area contributed by atoms with Crippen molar-refractivity contribution in [3.63, 3.8) is 0 Å². The van der Waals surface area contributed by atoms with Crippen LogP contribution in [0.5, 0.6) is 0 Å². The Balaban J connectivity index is 0.0000000830. The zero-order chi connectivity index (χ0) is 70.2. The summed E-state index contributed by atoms with van der Waals surface area (Å²) in [6.45, 7) is 1.94.